The van der Waals surface area contributed by atoms with E-state index >= 15 is 0 Å². The Hall–Kier alpha value is -0.120. The van der Waals surface area contributed by atoms with Gasteiger partial charge in [0, 0.05) is 56.3 Å². The Morgan fingerprint density at radius 1 is 0.895 bits per heavy atom. The highest BCUT2D eigenvalue weighted by molar-refractivity contribution is 5.04. The summed E-state index contributed by atoms with van der Waals surface area (Å²) in [4.78, 5) is 8.09. The van der Waals surface area contributed by atoms with Crippen molar-refractivity contribution in [3.05, 3.63) is 0 Å². The Kier molecular flexibility index (Phi) is 3.65. The van der Waals surface area contributed by atoms with E-state index < -0.39 is 0 Å². The van der Waals surface area contributed by atoms with Crippen LogP contribution in [0.25, 0.3) is 0 Å². The third kappa shape index (κ3) is 2.57. The molecular formula is C16H31N3. The standard InChI is InChI=1S/C16H31N3/c1-13(2)17-7-5-15(9-17)19-11-16(12-19)6-8-18(10-16)14(3)4/h13-15H,5-12H2,1-4H3. The Labute approximate surface area is 118 Å². The predicted molar refractivity (Wildman–Crippen MR) is 80.4 cm³/mol. The quantitative estimate of drug-likeness (QED) is 0.771. The number of rotatable bonds is 3. The average Bonchev–Trinajstić information content (AvgIpc) is 2.93. The maximum absolute atomic E-state index is 2.77. The highest BCUT2D eigenvalue weighted by atomic mass is 15.3. The van der Waals surface area contributed by atoms with Crippen LogP contribution in [0.2, 0.25) is 0 Å². The van der Waals surface area contributed by atoms with E-state index in [1.54, 1.807) is 0 Å². The third-order valence-electron chi connectivity index (χ3n) is 5.72. The molecule has 1 unspecified atom stereocenters. The molecule has 3 heteroatoms. The lowest BCUT2D eigenvalue weighted by atomic mass is 9.78. The summed E-state index contributed by atoms with van der Waals surface area (Å²) in [6, 6.07) is 2.31. The SMILES string of the molecule is CC(C)N1CCC(N2CC3(CCN(C(C)C)C3)C2)C1. The molecule has 0 saturated carbocycles. The molecule has 3 nitrogen and oxygen atoms in total. The Balaban J connectivity index is 1.49. The first-order valence-electron chi connectivity index (χ1n) is 8.21. The molecule has 0 aromatic heterocycles. The smallest absolute Gasteiger partial charge is 0.0235 e. The molecule has 1 atom stereocenters. The lowest BCUT2D eigenvalue weighted by molar-refractivity contribution is -0.0235. The van der Waals surface area contributed by atoms with Crippen molar-refractivity contribution in [1.29, 1.82) is 0 Å². The summed E-state index contributed by atoms with van der Waals surface area (Å²) >= 11 is 0. The van der Waals surface area contributed by atoms with Gasteiger partial charge in [-0.25, -0.2) is 0 Å². The van der Waals surface area contributed by atoms with Crippen LogP contribution in [-0.4, -0.2) is 72.1 Å². The van der Waals surface area contributed by atoms with Gasteiger partial charge in [0.05, 0.1) is 0 Å². The van der Waals surface area contributed by atoms with Crippen LogP contribution >= 0.6 is 0 Å². The van der Waals surface area contributed by atoms with Gasteiger partial charge in [0.25, 0.3) is 0 Å². The molecule has 0 aromatic rings. The van der Waals surface area contributed by atoms with Crippen molar-refractivity contribution < 1.29 is 0 Å². The van der Waals surface area contributed by atoms with Crippen molar-refractivity contribution in [3.8, 4) is 0 Å². The van der Waals surface area contributed by atoms with Crippen molar-refractivity contribution in [3.63, 3.8) is 0 Å². The van der Waals surface area contributed by atoms with Crippen molar-refractivity contribution in [2.45, 2.75) is 58.7 Å². The topological polar surface area (TPSA) is 9.72 Å². The molecule has 0 amide bonds. The van der Waals surface area contributed by atoms with Crippen LogP contribution in [0.3, 0.4) is 0 Å². The van der Waals surface area contributed by atoms with E-state index in [4.69, 9.17) is 0 Å². The lowest BCUT2D eigenvalue weighted by Gasteiger charge is -2.51. The summed E-state index contributed by atoms with van der Waals surface area (Å²) in [5.41, 5.74) is 0.662. The molecule has 3 heterocycles. The van der Waals surface area contributed by atoms with Crippen molar-refractivity contribution in [1.82, 2.24) is 14.7 Å². The number of hydrogen-bond donors (Lipinski definition) is 0. The molecular weight excluding hydrogens is 234 g/mol. The van der Waals surface area contributed by atoms with Gasteiger partial charge in [-0.3, -0.25) is 9.80 Å². The van der Waals surface area contributed by atoms with Gasteiger partial charge >= 0.3 is 0 Å². The highest BCUT2D eigenvalue weighted by Crippen LogP contribution is 2.42. The molecule has 3 saturated heterocycles. The lowest BCUT2D eigenvalue weighted by Crippen LogP contribution is -2.61. The van der Waals surface area contributed by atoms with Crippen molar-refractivity contribution in [2.24, 2.45) is 5.41 Å². The van der Waals surface area contributed by atoms with Crippen LogP contribution < -0.4 is 0 Å². The molecule has 0 bridgehead atoms. The molecule has 0 radical (unpaired) electrons. The number of nitrogens with zero attached hydrogens (tertiary/aromatic N) is 3. The molecule has 3 rings (SSSR count). The molecule has 110 valence electrons. The van der Waals surface area contributed by atoms with Crippen LogP contribution in [0.4, 0.5) is 0 Å². The predicted octanol–water partition coefficient (Wildman–Crippen LogP) is 1.89. The van der Waals surface area contributed by atoms with E-state index in [0.29, 0.717) is 5.41 Å². The molecule has 3 aliphatic heterocycles. The minimum atomic E-state index is 0.662. The Morgan fingerprint density at radius 3 is 2.11 bits per heavy atom. The van der Waals surface area contributed by atoms with Gasteiger partial charge in [-0.05, 0) is 47.1 Å². The van der Waals surface area contributed by atoms with Crippen molar-refractivity contribution in [2.75, 3.05) is 39.3 Å². The first-order chi connectivity index (χ1) is 8.99. The van der Waals surface area contributed by atoms with E-state index in [2.05, 4.69) is 42.4 Å². The van der Waals surface area contributed by atoms with E-state index in [-0.39, 0.29) is 0 Å². The van der Waals surface area contributed by atoms with Crippen LogP contribution in [-0.2, 0) is 0 Å². The molecule has 1 spiro atoms. The zero-order valence-electron chi connectivity index (χ0n) is 13.2. The second-order valence-corrected chi connectivity index (χ2v) is 7.75. The minimum Gasteiger partial charge on any atom is -0.300 e. The van der Waals surface area contributed by atoms with Gasteiger partial charge in [0.1, 0.15) is 0 Å². The fourth-order valence-electron chi connectivity index (χ4n) is 4.28. The van der Waals surface area contributed by atoms with Crippen LogP contribution in [0.5, 0.6) is 0 Å². The summed E-state index contributed by atoms with van der Waals surface area (Å²) < 4.78 is 0. The fourth-order valence-corrected chi connectivity index (χ4v) is 4.28. The maximum atomic E-state index is 2.77. The van der Waals surface area contributed by atoms with Gasteiger partial charge in [-0.2, -0.15) is 0 Å². The van der Waals surface area contributed by atoms with E-state index in [9.17, 15) is 0 Å². The molecule has 3 aliphatic rings. The summed E-state index contributed by atoms with van der Waals surface area (Å²) in [6.07, 6.45) is 2.82. The normalized spacial score (nSPS) is 32.8. The summed E-state index contributed by atoms with van der Waals surface area (Å²) in [7, 11) is 0. The summed E-state index contributed by atoms with van der Waals surface area (Å²) in [6.45, 7) is 17.4. The van der Waals surface area contributed by atoms with Gasteiger partial charge in [-0.1, -0.05) is 0 Å². The zero-order valence-corrected chi connectivity index (χ0v) is 13.2. The van der Waals surface area contributed by atoms with Crippen molar-refractivity contribution >= 4 is 0 Å². The molecule has 0 aromatic carbocycles. The van der Waals surface area contributed by atoms with Gasteiger partial charge in [-0.15, -0.1) is 0 Å². The minimum absolute atomic E-state index is 0.662. The number of likely N-dealkylation sites (tertiary alicyclic amines) is 3. The summed E-state index contributed by atoms with van der Waals surface area (Å²) in [5, 5.41) is 0. The van der Waals surface area contributed by atoms with E-state index in [1.807, 2.05) is 0 Å². The molecule has 0 aliphatic carbocycles. The first-order valence-corrected chi connectivity index (χ1v) is 8.21. The second kappa shape index (κ2) is 5.01. The zero-order chi connectivity index (χ0) is 13.6. The maximum Gasteiger partial charge on any atom is 0.0235 e. The van der Waals surface area contributed by atoms with Gasteiger partial charge < -0.3 is 4.90 Å². The highest BCUT2D eigenvalue weighted by Gasteiger charge is 2.50. The fraction of sp³-hybridized carbons (Fsp3) is 1.00. The summed E-state index contributed by atoms with van der Waals surface area (Å²) in [5.74, 6) is 0. The van der Waals surface area contributed by atoms with Crippen LogP contribution in [0, 0.1) is 5.41 Å². The molecule has 0 N–H and O–H groups in total. The molecule has 3 fully saturated rings. The monoisotopic (exact) mass is 265 g/mol. The Morgan fingerprint density at radius 2 is 1.58 bits per heavy atom. The van der Waals surface area contributed by atoms with Gasteiger partial charge in [0.2, 0.25) is 0 Å². The first kappa shape index (κ1) is 13.8. The second-order valence-electron chi connectivity index (χ2n) is 7.75. The van der Waals surface area contributed by atoms with Crippen LogP contribution in [0.15, 0.2) is 0 Å². The van der Waals surface area contributed by atoms with Crippen LogP contribution in [0.1, 0.15) is 40.5 Å². The third-order valence-corrected chi connectivity index (χ3v) is 5.72. The largest absolute Gasteiger partial charge is 0.300 e. The van der Waals surface area contributed by atoms with E-state index in [0.717, 1.165) is 18.1 Å². The van der Waals surface area contributed by atoms with Gasteiger partial charge in [0.15, 0.2) is 0 Å². The Bertz CT molecular complexity index is 320. The molecule has 19 heavy (non-hydrogen) atoms. The number of hydrogen-bond acceptors (Lipinski definition) is 3. The van der Waals surface area contributed by atoms with E-state index in [1.165, 1.54) is 52.1 Å². The average molecular weight is 265 g/mol.